The molecule has 1 atom stereocenters. The van der Waals surface area contributed by atoms with Crippen LogP contribution in [0.4, 0.5) is 0 Å². The van der Waals surface area contributed by atoms with Crippen molar-refractivity contribution in [2.75, 3.05) is 7.05 Å². The first-order valence-corrected chi connectivity index (χ1v) is 8.59. The van der Waals surface area contributed by atoms with Crippen molar-refractivity contribution in [3.63, 3.8) is 0 Å². The number of nitrogens with zero attached hydrogens (tertiary/aromatic N) is 4. The van der Waals surface area contributed by atoms with E-state index in [0.717, 1.165) is 10.4 Å². The first-order chi connectivity index (χ1) is 11.8. The minimum atomic E-state index is -0.829. The zero-order valence-electron chi connectivity index (χ0n) is 14.3. The first-order valence-electron chi connectivity index (χ1n) is 7.82. The number of rotatable bonds is 4. The summed E-state index contributed by atoms with van der Waals surface area (Å²) in [4.78, 5) is 35.6. The largest absolute Gasteiger partial charge is 0.369 e. The number of aromatic nitrogens is 2. The summed E-state index contributed by atoms with van der Waals surface area (Å²) in [5.41, 5.74) is 6.92. The summed E-state index contributed by atoms with van der Waals surface area (Å²) in [6, 6.07) is 5.39. The Morgan fingerprint density at radius 1 is 1.44 bits per heavy atom. The molecule has 0 spiro atoms. The van der Waals surface area contributed by atoms with Crippen LogP contribution in [0.15, 0.2) is 29.4 Å². The number of pyridine rings is 1. The third kappa shape index (κ3) is 3.43. The molecule has 3 rings (SSSR count). The Bertz CT molecular complexity index is 875. The van der Waals surface area contributed by atoms with Crippen molar-refractivity contribution in [1.82, 2.24) is 14.3 Å². The highest BCUT2D eigenvalue weighted by Crippen LogP contribution is 2.32. The lowest BCUT2D eigenvalue weighted by Crippen LogP contribution is -2.47. The highest BCUT2D eigenvalue weighted by molar-refractivity contribution is 7.05. The minimum Gasteiger partial charge on any atom is -0.369 e. The van der Waals surface area contributed by atoms with Crippen molar-refractivity contribution in [2.24, 2.45) is 10.7 Å². The molecule has 0 radical (unpaired) electrons. The number of ketones is 1. The summed E-state index contributed by atoms with van der Waals surface area (Å²) in [5.74, 6) is 0.00493. The van der Waals surface area contributed by atoms with E-state index in [2.05, 4.69) is 14.3 Å². The van der Waals surface area contributed by atoms with Gasteiger partial charge in [-0.1, -0.05) is 0 Å². The van der Waals surface area contributed by atoms with E-state index in [4.69, 9.17) is 5.73 Å². The molecule has 0 bridgehead atoms. The Labute approximate surface area is 149 Å². The number of Topliss-reactive ketones (excluding diaryl/α,β-unsaturated/α-hetero) is 1. The molecule has 0 saturated heterocycles. The van der Waals surface area contributed by atoms with Crippen LogP contribution in [0.2, 0.25) is 0 Å². The van der Waals surface area contributed by atoms with Gasteiger partial charge in [-0.15, -0.1) is 0 Å². The Kier molecular flexibility index (Phi) is 4.38. The van der Waals surface area contributed by atoms with Gasteiger partial charge in [-0.3, -0.25) is 19.5 Å². The number of aliphatic imine (C=N–C) groups is 1. The Balaban J connectivity index is 1.87. The van der Waals surface area contributed by atoms with Crippen LogP contribution >= 0.6 is 11.5 Å². The van der Waals surface area contributed by atoms with E-state index in [1.165, 1.54) is 16.4 Å². The van der Waals surface area contributed by atoms with Crippen molar-refractivity contribution < 1.29 is 9.59 Å². The van der Waals surface area contributed by atoms with Gasteiger partial charge in [-0.2, -0.15) is 4.37 Å². The maximum Gasteiger partial charge on any atom is 0.231 e. The van der Waals surface area contributed by atoms with Gasteiger partial charge < -0.3 is 5.73 Å². The summed E-state index contributed by atoms with van der Waals surface area (Å²) in [7, 11) is 1.60. The molecule has 2 N–H and O–H groups in total. The molecule has 1 aliphatic rings. The summed E-state index contributed by atoms with van der Waals surface area (Å²) >= 11 is 1.31. The zero-order chi connectivity index (χ0) is 18.2. The van der Waals surface area contributed by atoms with Crippen LogP contribution in [0.25, 0.3) is 0 Å². The third-order valence-corrected chi connectivity index (χ3v) is 4.92. The molecule has 25 heavy (non-hydrogen) atoms. The molecule has 1 aliphatic heterocycles. The van der Waals surface area contributed by atoms with Crippen LogP contribution in [0.3, 0.4) is 0 Å². The summed E-state index contributed by atoms with van der Waals surface area (Å²) in [6.07, 6.45) is 2.03. The second kappa shape index (κ2) is 6.36. The van der Waals surface area contributed by atoms with E-state index in [-0.39, 0.29) is 30.5 Å². The molecule has 0 aromatic carbocycles. The van der Waals surface area contributed by atoms with Crippen LogP contribution in [0.1, 0.15) is 40.0 Å². The molecule has 0 saturated carbocycles. The summed E-state index contributed by atoms with van der Waals surface area (Å²) in [6.45, 7) is 3.74. The van der Waals surface area contributed by atoms with Gasteiger partial charge in [-0.25, -0.2) is 4.99 Å². The number of nitrogens with two attached hydrogens (primary N) is 1. The fraction of sp³-hybridized carbons (Fsp3) is 0.353. The molecular formula is C17H19N5O2S. The van der Waals surface area contributed by atoms with Crippen molar-refractivity contribution in [3.05, 3.63) is 46.2 Å². The summed E-state index contributed by atoms with van der Waals surface area (Å²) in [5, 5.41) is 0. The fourth-order valence-electron chi connectivity index (χ4n) is 2.71. The second-order valence-electron chi connectivity index (χ2n) is 6.35. The zero-order valence-corrected chi connectivity index (χ0v) is 15.1. The molecule has 130 valence electrons. The molecule has 1 amide bonds. The Morgan fingerprint density at radius 3 is 2.84 bits per heavy atom. The van der Waals surface area contributed by atoms with E-state index < -0.39 is 5.54 Å². The normalized spacial score (nSPS) is 20.5. The number of hydrogen-bond donors (Lipinski definition) is 1. The van der Waals surface area contributed by atoms with Crippen LogP contribution in [0, 0.1) is 6.92 Å². The SMILES string of the molecule is Cc1cc(C(=O)Cc2ccnc(C3(C)CC(=O)N(C)C(N)=N3)c2)ns1. The van der Waals surface area contributed by atoms with Gasteiger partial charge in [0.2, 0.25) is 5.91 Å². The molecule has 3 heterocycles. The lowest BCUT2D eigenvalue weighted by molar-refractivity contribution is -0.128. The maximum absolute atomic E-state index is 12.4. The number of hydrogen-bond acceptors (Lipinski definition) is 7. The van der Waals surface area contributed by atoms with Gasteiger partial charge in [0.05, 0.1) is 12.1 Å². The van der Waals surface area contributed by atoms with Crippen molar-refractivity contribution in [2.45, 2.75) is 32.2 Å². The van der Waals surface area contributed by atoms with E-state index in [9.17, 15) is 9.59 Å². The first kappa shape index (κ1) is 17.2. The van der Waals surface area contributed by atoms with E-state index in [0.29, 0.717) is 11.4 Å². The highest BCUT2D eigenvalue weighted by Gasteiger charge is 2.37. The Hall–Kier alpha value is -2.61. The van der Waals surface area contributed by atoms with Gasteiger partial charge in [0, 0.05) is 24.5 Å². The average Bonchev–Trinajstić information content (AvgIpc) is 2.99. The molecule has 8 heteroatoms. The number of amides is 1. The fourth-order valence-corrected chi connectivity index (χ4v) is 3.27. The topological polar surface area (TPSA) is 102 Å². The van der Waals surface area contributed by atoms with Gasteiger partial charge in [0.25, 0.3) is 0 Å². The Morgan fingerprint density at radius 2 is 2.20 bits per heavy atom. The predicted octanol–water partition coefficient (Wildman–Crippen LogP) is 1.66. The smallest absolute Gasteiger partial charge is 0.231 e. The molecule has 1 unspecified atom stereocenters. The number of carbonyl (C=O) groups excluding carboxylic acids is 2. The third-order valence-electron chi connectivity index (χ3n) is 4.23. The molecule has 0 fully saturated rings. The van der Waals surface area contributed by atoms with Crippen LogP contribution in [-0.4, -0.2) is 39.0 Å². The second-order valence-corrected chi connectivity index (χ2v) is 7.35. The van der Waals surface area contributed by atoms with Crippen LogP contribution in [0.5, 0.6) is 0 Å². The molecular weight excluding hydrogens is 338 g/mol. The highest BCUT2D eigenvalue weighted by atomic mass is 32.1. The van der Waals surface area contributed by atoms with E-state index in [1.807, 2.05) is 19.9 Å². The standard InChI is InChI=1S/C17H19N5O2S/c1-10-6-12(21-25-10)13(23)7-11-4-5-19-14(8-11)17(2)9-15(24)22(3)16(18)20-17/h4-6,8H,7,9H2,1-3H3,(H2,18,20). The number of aryl methyl sites for hydroxylation is 1. The monoisotopic (exact) mass is 357 g/mol. The van der Waals surface area contributed by atoms with Crippen LogP contribution in [-0.2, 0) is 16.8 Å². The van der Waals surface area contributed by atoms with Crippen molar-refractivity contribution in [1.29, 1.82) is 0 Å². The minimum absolute atomic E-state index is 0.0471. The number of guanidine groups is 1. The van der Waals surface area contributed by atoms with Crippen molar-refractivity contribution >= 4 is 29.2 Å². The van der Waals surface area contributed by atoms with E-state index in [1.54, 1.807) is 25.4 Å². The van der Waals surface area contributed by atoms with Crippen LogP contribution < -0.4 is 5.73 Å². The van der Waals surface area contributed by atoms with Crippen molar-refractivity contribution in [3.8, 4) is 0 Å². The maximum atomic E-state index is 12.4. The van der Waals surface area contributed by atoms with E-state index >= 15 is 0 Å². The summed E-state index contributed by atoms with van der Waals surface area (Å²) < 4.78 is 4.15. The average molecular weight is 357 g/mol. The lowest BCUT2D eigenvalue weighted by atomic mass is 9.90. The van der Waals surface area contributed by atoms with Gasteiger partial charge in [0.15, 0.2) is 11.7 Å². The molecule has 2 aromatic heterocycles. The van der Waals surface area contributed by atoms with Gasteiger partial charge >= 0.3 is 0 Å². The lowest BCUT2D eigenvalue weighted by Gasteiger charge is -2.32. The van der Waals surface area contributed by atoms with Gasteiger partial charge in [-0.05, 0) is 49.1 Å². The molecule has 2 aromatic rings. The molecule has 0 aliphatic carbocycles. The van der Waals surface area contributed by atoms with Gasteiger partial charge in [0.1, 0.15) is 11.2 Å². The number of carbonyl (C=O) groups is 2. The predicted molar refractivity (Wildman–Crippen MR) is 95.5 cm³/mol. The quantitative estimate of drug-likeness (QED) is 0.839. The molecule has 7 nitrogen and oxygen atoms in total.